The summed E-state index contributed by atoms with van der Waals surface area (Å²) < 4.78 is 0. The number of nitrogens with zero attached hydrogens (tertiary/aromatic N) is 1. The molecule has 0 radical (unpaired) electrons. The van der Waals surface area contributed by atoms with Gasteiger partial charge >= 0.3 is 5.97 Å². The maximum absolute atomic E-state index is 11.2. The summed E-state index contributed by atoms with van der Waals surface area (Å²) in [7, 11) is 0. The lowest BCUT2D eigenvalue weighted by Crippen LogP contribution is -2.42. The van der Waals surface area contributed by atoms with Crippen LogP contribution in [0.15, 0.2) is 18.2 Å². The first-order chi connectivity index (χ1) is 7.60. The molecule has 2 rings (SSSR count). The molecule has 82 valence electrons. The third-order valence-electron chi connectivity index (χ3n) is 3.29. The molecule has 1 aliphatic rings. The maximum Gasteiger partial charge on any atom is 0.314 e. The Labute approximate surface area is 92.8 Å². The first kappa shape index (κ1) is 10.5. The van der Waals surface area contributed by atoms with Gasteiger partial charge in [-0.05, 0) is 30.5 Å². The SMILES string of the molecule is N#Cc1cc(C2(C(=O)O)CCC2)ccc1O. The molecule has 0 aromatic heterocycles. The van der Waals surface area contributed by atoms with Crippen molar-refractivity contribution in [2.45, 2.75) is 24.7 Å². The smallest absolute Gasteiger partial charge is 0.314 e. The van der Waals surface area contributed by atoms with E-state index in [2.05, 4.69) is 0 Å². The Bertz CT molecular complexity index is 484. The third kappa shape index (κ3) is 1.33. The first-order valence-corrected chi connectivity index (χ1v) is 5.07. The highest BCUT2D eigenvalue weighted by Crippen LogP contribution is 2.44. The number of rotatable bonds is 2. The Morgan fingerprint density at radius 1 is 1.44 bits per heavy atom. The number of carbonyl (C=O) groups is 1. The van der Waals surface area contributed by atoms with Gasteiger partial charge < -0.3 is 10.2 Å². The molecule has 1 aromatic carbocycles. The number of phenolic OH excluding ortho intramolecular Hbond substituents is 1. The molecular weight excluding hydrogens is 206 g/mol. The van der Waals surface area contributed by atoms with Crippen LogP contribution in [-0.4, -0.2) is 16.2 Å². The summed E-state index contributed by atoms with van der Waals surface area (Å²) in [4.78, 5) is 11.2. The van der Waals surface area contributed by atoms with Crippen LogP contribution < -0.4 is 0 Å². The summed E-state index contributed by atoms with van der Waals surface area (Å²) >= 11 is 0. The highest BCUT2D eigenvalue weighted by molar-refractivity contribution is 5.82. The van der Waals surface area contributed by atoms with Crippen molar-refractivity contribution < 1.29 is 15.0 Å². The van der Waals surface area contributed by atoms with Crippen LogP contribution in [0.3, 0.4) is 0 Å². The predicted octanol–water partition coefficient (Wildman–Crippen LogP) is 1.77. The van der Waals surface area contributed by atoms with Gasteiger partial charge in [0.2, 0.25) is 0 Å². The standard InChI is InChI=1S/C12H11NO3/c13-7-8-6-9(2-3-10(8)14)12(11(15)16)4-1-5-12/h2-3,6,14H,1,4-5H2,(H,15,16). The van der Waals surface area contributed by atoms with Crippen LogP contribution in [0.25, 0.3) is 0 Å². The van der Waals surface area contributed by atoms with E-state index in [-0.39, 0.29) is 11.3 Å². The van der Waals surface area contributed by atoms with Crippen molar-refractivity contribution >= 4 is 5.97 Å². The molecule has 0 amide bonds. The number of nitriles is 1. The minimum atomic E-state index is -0.853. The second-order valence-corrected chi connectivity index (χ2v) is 4.08. The molecule has 1 saturated carbocycles. The number of carboxylic acid groups (broad SMARTS) is 1. The Balaban J connectivity index is 2.49. The molecule has 16 heavy (non-hydrogen) atoms. The van der Waals surface area contributed by atoms with E-state index in [9.17, 15) is 15.0 Å². The van der Waals surface area contributed by atoms with E-state index >= 15 is 0 Å². The average Bonchev–Trinajstić information content (AvgIpc) is 2.18. The molecule has 1 aromatic rings. The summed E-state index contributed by atoms with van der Waals surface area (Å²) in [5.41, 5.74) is -0.107. The number of aromatic hydroxyl groups is 1. The number of hydrogen-bond donors (Lipinski definition) is 2. The lowest BCUT2D eigenvalue weighted by atomic mass is 9.64. The zero-order valence-corrected chi connectivity index (χ0v) is 8.60. The normalized spacial score (nSPS) is 17.2. The van der Waals surface area contributed by atoms with Crippen molar-refractivity contribution in [3.8, 4) is 11.8 Å². The molecule has 1 fully saturated rings. The molecule has 0 aliphatic heterocycles. The number of carboxylic acids is 1. The molecule has 2 N–H and O–H groups in total. The summed E-state index contributed by atoms with van der Waals surface area (Å²) in [5, 5.41) is 27.4. The van der Waals surface area contributed by atoms with Gasteiger partial charge in [0, 0.05) is 0 Å². The van der Waals surface area contributed by atoms with Crippen LogP contribution in [0.5, 0.6) is 5.75 Å². The van der Waals surface area contributed by atoms with E-state index in [1.54, 1.807) is 6.07 Å². The summed E-state index contributed by atoms with van der Waals surface area (Å²) in [5.74, 6) is -0.959. The minimum Gasteiger partial charge on any atom is -0.507 e. The monoisotopic (exact) mass is 217 g/mol. The lowest BCUT2D eigenvalue weighted by molar-refractivity contribution is -0.147. The fraction of sp³-hybridized carbons (Fsp3) is 0.333. The van der Waals surface area contributed by atoms with Crippen molar-refractivity contribution in [3.63, 3.8) is 0 Å². The molecule has 4 heteroatoms. The maximum atomic E-state index is 11.2. The zero-order chi connectivity index (χ0) is 11.8. The second kappa shape index (κ2) is 3.53. The highest BCUT2D eigenvalue weighted by Gasteiger charge is 2.46. The summed E-state index contributed by atoms with van der Waals surface area (Å²) in [6.07, 6.45) is 2.07. The molecule has 0 heterocycles. The van der Waals surface area contributed by atoms with Crippen molar-refractivity contribution in [2.75, 3.05) is 0 Å². The van der Waals surface area contributed by atoms with Gasteiger partial charge in [0.1, 0.15) is 11.8 Å². The third-order valence-corrected chi connectivity index (χ3v) is 3.29. The number of hydrogen-bond acceptors (Lipinski definition) is 3. The van der Waals surface area contributed by atoms with E-state index < -0.39 is 11.4 Å². The van der Waals surface area contributed by atoms with Gasteiger partial charge in [-0.25, -0.2) is 0 Å². The van der Waals surface area contributed by atoms with Crippen LogP contribution in [0, 0.1) is 11.3 Å². The van der Waals surface area contributed by atoms with Gasteiger partial charge in [0.05, 0.1) is 11.0 Å². The first-order valence-electron chi connectivity index (χ1n) is 5.07. The van der Waals surface area contributed by atoms with E-state index in [0.29, 0.717) is 18.4 Å². The number of phenols is 1. The van der Waals surface area contributed by atoms with Gasteiger partial charge in [-0.3, -0.25) is 4.79 Å². The van der Waals surface area contributed by atoms with Crippen LogP contribution >= 0.6 is 0 Å². The Kier molecular flexibility index (Phi) is 2.31. The van der Waals surface area contributed by atoms with Crippen LogP contribution in [-0.2, 0) is 10.2 Å². The molecule has 0 saturated heterocycles. The largest absolute Gasteiger partial charge is 0.507 e. The Hall–Kier alpha value is -2.02. The van der Waals surface area contributed by atoms with Crippen LogP contribution in [0.1, 0.15) is 30.4 Å². The van der Waals surface area contributed by atoms with Crippen LogP contribution in [0.4, 0.5) is 0 Å². The van der Waals surface area contributed by atoms with Crippen molar-refractivity contribution in [1.82, 2.24) is 0 Å². The lowest BCUT2D eigenvalue weighted by Gasteiger charge is -2.38. The fourth-order valence-electron chi connectivity index (χ4n) is 2.08. The second-order valence-electron chi connectivity index (χ2n) is 4.08. The Morgan fingerprint density at radius 3 is 2.56 bits per heavy atom. The summed E-state index contributed by atoms with van der Waals surface area (Å²) in [6, 6.07) is 6.30. The fourth-order valence-corrected chi connectivity index (χ4v) is 2.08. The zero-order valence-electron chi connectivity index (χ0n) is 8.60. The van der Waals surface area contributed by atoms with Gasteiger partial charge in [-0.1, -0.05) is 12.5 Å². The van der Waals surface area contributed by atoms with Gasteiger partial charge in [0.25, 0.3) is 0 Å². The quantitative estimate of drug-likeness (QED) is 0.791. The highest BCUT2D eigenvalue weighted by atomic mass is 16.4. The molecule has 4 nitrogen and oxygen atoms in total. The Morgan fingerprint density at radius 2 is 2.12 bits per heavy atom. The van der Waals surface area contributed by atoms with E-state index in [1.165, 1.54) is 12.1 Å². The van der Waals surface area contributed by atoms with Gasteiger partial charge in [-0.2, -0.15) is 5.26 Å². The van der Waals surface area contributed by atoms with Gasteiger partial charge in [0.15, 0.2) is 0 Å². The van der Waals surface area contributed by atoms with Gasteiger partial charge in [-0.15, -0.1) is 0 Å². The molecule has 1 aliphatic carbocycles. The predicted molar refractivity (Wildman–Crippen MR) is 56.0 cm³/mol. The van der Waals surface area contributed by atoms with Crippen molar-refractivity contribution in [2.24, 2.45) is 0 Å². The minimum absolute atomic E-state index is 0.105. The topological polar surface area (TPSA) is 81.3 Å². The molecular formula is C12H11NO3. The van der Waals surface area contributed by atoms with E-state index in [0.717, 1.165) is 6.42 Å². The molecule has 0 bridgehead atoms. The number of aliphatic carboxylic acids is 1. The summed E-state index contributed by atoms with van der Waals surface area (Å²) in [6.45, 7) is 0. The van der Waals surface area contributed by atoms with E-state index in [1.807, 2.05) is 6.07 Å². The molecule has 0 spiro atoms. The molecule has 0 atom stereocenters. The van der Waals surface area contributed by atoms with Crippen molar-refractivity contribution in [1.29, 1.82) is 5.26 Å². The number of benzene rings is 1. The van der Waals surface area contributed by atoms with E-state index in [4.69, 9.17) is 5.26 Å². The van der Waals surface area contributed by atoms with Crippen LogP contribution in [0.2, 0.25) is 0 Å². The van der Waals surface area contributed by atoms with Crippen molar-refractivity contribution in [3.05, 3.63) is 29.3 Å². The molecule has 0 unspecified atom stereocenters. The average molecular weight is 217 g/mol.